The predicted octanol–water partition coefficient (Wildman–Crippen LogP) is 4.73. The Kier molecular flexibility index (Phi) is 7.27. The monoisotopic (exact) mass is 488 g/mol. The van der Waals surface area contributed by atoms with E-state index in [0.717, 1.165) is 38.5 Å². The summed E-state index contributed by atoms with van der Waals surface area (Å²) < 4.78 is 9.81. The molecule has 6 heteroatoms. The smallest absolute Gasteiger partial charge is 0.320 e. The maximum absolute atomic E-state index is 12.3. The second-order valence-electron chi connectivity index (χ2n) is 12.3. The summed E-state index contributed by atoms with van der Waals surface area (Å²) in [6.45, 7) is 9.03. The number of ether oxygens (including phenoxy) is 2. The van der Waals surface area contributed by atoms with Crippen molar-refractivity contribution in [3.8, 4) is 0 Å². The number of hydrogen-bond acceptors (Lipinski definition) is 6. The van der Waals surface area contributed by atoms with Gasteiger partial charge in [-0.25, -0.2) is 0 Å². The van der Waals surface area contributed by atoms with Crippen molar-refractivity contribution in [1.29, 1.82) is 0 Å². The van der Waals surface area contributed by atoms with E-state index in [4.69, 9.17) is 9.47 Å². The second-order valence-corrected chi connectivity index (χ2v) is 12.3. The highest BCUT2D eigenvalue weighted by molar-refractivity contribution is 5.94. The number of aliphatic hydroxyl groups is 1. The maximum Gasteiger partial charge on any atom is 0.320 e. The Morgan fingerprint density at radius 2 is 1.74 bits per heavy atom. The lowest BCUT2D eigenvalue weighted by molar-refractivity contribution is -0.160. The highest BCUT2D eigenvalue weighted by Gasteiger charge is 2.63. The van der Waals surface area contributed by atoms with Gasteiger partial charge in [-0.1, -0.05) is 33.3 Å². The molecular weight excluding hydrogens is 444 g/mol. The van der Waals surface area contributed by atoms with E-state index in [1.54, 1.807) is 0 Å². The summed E-state index contributed by atoms with van der Waals surface area (Å²) in [5.74, 6) is -0.137. The minimum absolute atomic E-state index is 0.00954. The average Bonchev–Trinajstić information content (AvgIpc) is 3.20. The molecule has 0 saturated heterocycles. The van der Waals surface area contributed by atoms with Crippen molar-refractivity contribution in [3.05, 3.63) is 11.6 Å². The van der Waals surface area contributed by atoms with Gasteiger partial charge < -0.3 is 14.6 Å². The van der Waals surface area contributed by atoms with Crippen LogP contribution in [0.3, 0.4) is 0 Å². The lowest BCUT2D eigenvalue weighted by Crippen LogP contribution is -2.58. The number of rotatable bonds is 6. The van der Waals surface area contributed by atoms with Crippen molar-refractivity contribution in [2.75, 3.05) is 14.2 Å². The van der Waals surface area contributed by atoms with E-state index in [0.29, 0.717) is 30.6 Å². The standard InChI is InChI=1S/C29H44O6/c1-7-18-23-15-17(30)10-12-29(23,4)22-11-13-28(3)20(8-9-21(28)24(22)25(18)31)16(2)14-19(26(32)34-5)27(33)35-6/h15-16,18-22,24-25,31H,7-14H2,1-6H3/t16-,18+,20?,21?,22?,24?,25-,28-,29-/m1/s1. The lowest BCUT2D eigenvalue weighted by Gasteiger charge is -2.62. The summed E-state index contributed by atoms with van der Waals surface area (Å²) in [5, 5.41) is 11.8. The van der Waals surface area contributed by atoms with Crippen LogP contribution in [0, 0.1) is 52.3 Å². The van der Waals surface area contributed by atoms with Gasteiger partial charge in [0, 0.05) is 12.3 Å². The third-order valence-corrected chi connectivity index (χ3v) is 11.0. The molecule has 6 nitrogen and oxygen atoms in total. The third kappa shape index (κ3) is 4.08. The van der Waals surface area contributed by atoms with Gasteiger partial charge in [0.25, 0.3) is 0 Å². The number of fused-ring (bicyclic) bond motifs is 5. The molecule has 4 aliphatic rings. The molecule has 0 amide bonds. The fourth-order valence-corrected chi connectivity index (χ4v) is 9.28. The molecule has 0 heterocycles. The van der Waals surface area contributed by atoms with Crippen LogP contribution in [0.15, 0.2) is 11.6 Å². The maximum atomic E-state index is 12.3. The molecule has 9 atom stereocenters. The van der Waals surface area contributed by atoms with Crippen molar-refractivity contribution in [2.45, 2.75) is 85.2 Å². The van der Waals surface area contributed by atoms with Crippen LogP contribution in [0.2, 0.25) is 0 Å². The Bertz CT molecular complexity index is 878. The number of aliphatic hydroxyl groups excluding tert-OH is 1. The van der Waals surface area contributed by atoms with Crippen molar-refractivity contribution in [1.82, 2.24) is 0 Å². The summed E-state index contributed by atoms with van der Waals surface area (Å²) >= 11 is 0. The second kappa shape index (κ2) is 9.64. The van der Waals surface area contributed by atoms with Crippen molar-refractivity contribution >= 4 is 17.7 Å². The molecule has 0 aromatic rings. The van der Waals surface area contributed by atoms with Crippen molar-refractivity contribution in [2.24, 2.45) is 52.3 Å². The molecule has 3 fully saturated rings. The van der Waals surface area contributed by atoms with Crippen LogP contribution >= 0.6 is 0 Å². The Labute approximate surface area is 210 Å². The first kappa shape index (κ1) is 26.4. The molecular formula is C29H44O6. The number of carbonyl (C=O) groups is 3. The zero-order valence-electron chi connectivity index (χ0n) is 22.3. The first-order valence-corrected chi connectivity index (χ1v) is 13.6. The highest BCUT2D eigenvalue weighted by Crippen LogP contribution is 2.68. The van der Waals surface area contributed by atoms with Crippen LogP contribution in [0.5, 0.6) is 0 Å². The number of ketones is 1. The quantitative estimate of drug-likeness (QED) is 0.429. The minimum atomic E-state index is -0.893. The summed E-state index contributed by atoms with van der Waals surface area (Å²) in [4.78, 5) is 37.0. The van der Waals surface area contributed by atoms with Gasteiger partial charge in [-0.05, 0) is 91.4 Å². The summed E-state index contributed by atoms with van der Waals surface area (Å²) in [5.41, 5.74) is 1.25. The van der Waals surface area contributed by atoms with Crippen LogP contribution in [0.25, 0.3) is 0 Å². The van der Waals surface area contributed by atoms with Crippen LogP contribution < -0.4 is 0 Å². The van der Waals surface area contributed by atoms with Gasteiger partial charge in [-0.15, -0.1) is 0 Å². The molecule has 1 N–H and O–H groups in total. The van der Waals surface area contributed by atoms with Crippen LogP contribution in [-0.2, 0) is 23.9 Å². The molecule has 4 aliphatic carbocycles. The fourth-order valence-electron chi connectivity index (χ4n) is 9.28. The molecule has 3 saturated carbocycles. The minimum Gasteiger partial charge on any atom is -0.468 e. The van der Waals surface area contributed by atoms with Gasteiger partial charge in [0.1, 0.15) is 0 Å². The summed E-state index contributed by atoms with van der Waals surface area (Å²) in [7, 11) is 2.63. The number of esters is 2. The number of hydrogen-bond donors (Lipinski definition) is 1. The van der Waals surface area contributed by atoms with Gasteiger partial charge in [0.2, 0.25) is 0 Å². The molecule has 4 unspecified atom stereocenters. The van der Waals surface area contributed by atoms with E-state index in [1.807, 2.05) is 6.08 Å². The van der Waals surface area contributed by atoms with E-state index in [9.17, 15) is 19.5 Å². The van der Waals surface area contributed by atoms with Gasteiger partial charge in [0.15, 0.2) is 11.7 Å². The number of carbonyl (C=O) groups excluding carboxylic acids is 3. The van der Waals surface area contributed by atoms with E-state index >= 15 is 0 Å². The first-order valence-electron chi connectivity index (χ1n) is 13.6. The Balaban J connectivity index is 1.62. The molecule has 0 radical (unpaired) electrons. The topological polar surface area (TPSA) is 89.9 Å². The van der Waals surface area contributed by atoms with Crippen LogP contribution in [-0.4, -0.2) is 43.2 Å². The van der Waals surface area contributed by atoms with Gasteiger partial charge in [-0.2, -0.15) is 0 Å². The Hall–Kier alpha value is -1.69. The molecule has 0 aromatic carbocycles. The molecule has 0 aliphatic heterocycles. The van der Waals surface area contributed by atoms with E-state index in [-0.39, 0.29) is 34.4 Å². The van der Waals surface area contributed by atoms with Crippen LogP contribution in [0.1, 0.15) is 79.1 Å². The molecule has 0 aromatic heterocycles. The SMILES string of the molecule is CC[C@H]1C2=CC(=O)CC[C@]2(C)C2CC[C@@]3(C)C(CCC3[C@H](C)CC(C(=O)OC)C(=O)OC)C2[C@@H]1O. The molecule has 0 bridgehead atoms. The molecule has 0 spiro atoms. The molecule has 35 heavy (non-hydrogen) atoms. The predicted molar refractivity (Wildman–Crippen MR) is 132 cm³/mol. The van der Waals surface area contributed by atoms with E-state index < -0.39 is 24.0 Å². The highest BCUT2D eigenvalue weighted by atomic mass is 16.5. The summed E-state index contributed by atoms with van der Waals surface area (Å²) in [6, 6.07) is 0. The average molecular weight is 489 g/mol. The third-order valence-electron chi connectivity index (χ3n) is 11.0. The van der Waals surface area contributed by atoms with Crippen LogP contribution in [0.4, 0.5) is 0 Å². The van der Waals surface area contributed by atoms with E-state index in [2.05, 4.69) is 27.7 Å². The normalized spacial score (nSPS) is 41.4. The summed E-state index contributed by atoms with van der Waals surface area (Å²) in [6.07, 6.45) is 8.47. The fraction of sp³-hybridized carbons (Fsp3) is 0.828. The number of methoxy groups -OCH3 is 2. The van der Waals surface area contributed by atoms with Crippen molar-refractivity contribution < 1.29 is 29.0 Å². The molecule has 4 rings (SSSR count). The Morgan fingerprint density at radius 1 is 1.09 bits per heavy atom. The lowest BCUT2D eigenvalue weighted by atomic mass is 9.43. The zero-order valence-corrected chi connectivity index (χ0v) is 22.3. The van der Waals surface area contributed by atoms with Gasteiger partial charge in [0.05, 0.1) is 20.3 Å². The molecule has 196 valence electrons. The van der Waals surface area contributed by atoms with Gasteiger partial charge >= 0.3 is 11.9 Å². The Morgan fingerprint density at radius 3 is 2.34 bits per heavy atom. The zero-order chi connectivity index (χ0) is 25.7. The van der Waals surface area contributed by atoms with E-state index in [1.165, 1.54) is 19.8 Å². The first-order chi connectivity index (χ1) is 16.5. The largest absolute Gasteiger partial charge is 0.468 e. The van der Waals surface area contributed by atoms with Crippen molar-refractivity contribution in [3.63, 3.8) is 0 Å². The van der Waals surface area contributed by atoms with Gasteiger partial charge in [-0.3, -0.25) is 14.4 Å².